The molecule has 0 amide bonds. The van der Waals surface area contributed by atoms with E-state index in [1.807, 2.05) is 17.8 Å². The number of hydrogen-bond donors (Lipinski definition) is 1. The molecule has 0 radical (unpaired) electrons. The molecule has 2 heterocycles. The van der Waals surface area contributed by atoms with Crippen LogP contribution in [-0.2, 0) is 6.42 Å². The van der Waals surface area contributed by atoms with Gasteiger partial charge in [-0.25, -0.2) is 0 Å². The highest BCUT2D eigenvalue weighted by Crippen LogP contribution is 2.44. The van der Waals surface area contributed by atoms with Crippen LogP contribution < -0.4 is 5.73 Å². The lowest BCUT2D eigenvalue weighted by Gasteiger charge is -2.04. The SMILES string of the molecule is CCCCCSc1sc(N)c(-c2ccoc2)c1CC. The fourth-order valence-electron chi connectivity index (χ4n) is 2.14. The summed E-state index contributed by atoms with van der Waals surface area (Å²) in [7, 11) is 0. The quantitative estimate of drug-likeness (QED) is 0.546. The smallest absolute Gasteiger partial charge is 0.0982 e. The number of hydrogen-bond acceptors (Lipinski definition) is 4. The molecule has 2 rings (SSSR count). The number of furan rings is 1. The molecule has 0 unspecified atom stereocenters. The Morgan fingerprint density at radius 3 is 2.79 bits per heavy atom. The lowest BCUT2D eigenvalue weighted by atomic mass is 10.1. The van der Waals surface area contributed by atoms with Gasteiger partial charge in [0.25, 0.3) is 0 Å². The fraction of sp³-hybridized carbons (Fsp3) is 0.467. The van der Waals surface area contributed by atoms with E-state index in [4.69, 9.17) is 10.2 Å². The third kappa shape index (κ3) is 3.37. The molecule has 0 saturated carbocycles. The van der Waals surface area contributed by atoms with Gasteiger partial charge in [0.15, 0.2) is 0 Å². The zero-order valence-corrected chi connectivity index (χ0v) is 13.2. The molecule has 2 nitrogen and oxygen atoms in total. The molecule has 19 heavy (non-hydrogen) atoms. The molecular weight excluding hydrogens is 274 g/mol. The minimum atomic E-state index is 0.913. The van der Waals surface area contributed by atoms with Crippen LogP contribution in [0, 0.1) is 0 Å². The highest BCUT2D eigenvalue weighted by molar-refractivity contribution is 8.01. The van der Waals surface area contributed by atoms with Gasteiger partial charge in [0.05, 0.1) is 21.7 Å². The van der Waals surface area contributed by atoms with Crippen molar-refractivity contribution < 1.29 is 4.42 Å². The zero-order chi connectivity index (χ0) is 13.7. The van der Waals surface area contributed by atoms with E-state index in [1.165, 1.54) is 40.4 Å². The van der Waals surface area contributed by atoms with Crippen molar-refractivity contribution >= 4 is 28.1 Å². The molecule has 2 aromatic heterocycles. The van der Waals surface area contributed by atoms with Crippen molar-refractivity contribution in [2.75, 3.05) is 11.5 Å². The maximum atomic E-state index is 6.20. The van der Waals surface area contributed by atoms with E-state index in [-0.39, 0.29) is 0 Å². The molecule has 0 bridgehead atoms. The van der Waals surface area contributed by atoms with Gasteiger partial charge in [-0.1, -0.05) is 26.7 Å². The third-order valence-electron chi connectivity index (χ3n) is 3.14. The van der Waals surface area contributed by atoms with E-state index >= 15 is 0 Å². The maximum absolute atomic E-state index is 6.20. The van der Waals surface area contributed by atoms with Gasteiger partial charge in [-0.2, -0.15) is 0 Å². The van der Waals surface area contributed by atoms with Crippen LogP contribution in [-0.4, -0.2) is 5.75 Å². The van der Waals surface area contributed by atoms with Crippen molar-refractivity contribution in [2.24, 2.45) is 0 Å². The minimum Gasteiger partial charge on any atom is -0.472 e. The van der Waals surface area contributed by atoms with Crippen LogP contribution in [0.2, 0.25) is 0 Å². The molecule has 0 spiro atoms. The van der Waals surface area contributed by atoms with Gasteiger partial charge < -0.3 is 10.2 Å². The van der Waals surface area contributed by atoms with Gasteiger partial charge in [0.2, 0.25) is 0 Å². The predicted octanol–water partition coefficient (Wildman–Crippen LogP) is 5.44. The van der Waals surface area contributed by atoms with Crippen molar-refractivity contribution in [1.29, 1.82) is 0 Å². The molecule has 4 heteroatoms. The van der Waals surface area contributed by atoms with Gasteiger partial charge in [-0.3, -0.25) is 0 Å². The number of unbranched alkanes of at least 4 members (excludes halogenated alkanes) is 2. The second kappa shape index (κ2) is 7.06. The summed E-state index contributed by atoms with van der Waals surface area (Å²) >= 11 is 3.67. The van der Waals surface area contributed by atoms with Crippen molar-refractivity contribution in [3.05, 3.63) is 24.2 Å². The molecule has 0 aliphatic heterocycles. The van der Waals surface area contributed by atoms with Crippen LogP contribution in [0.3, 0.4) is 0 Å². The lowest BCUT2D eigenvalue weighted by Crippen LogP contribution is -1.88. The minimum absolute atomic E-state index is 0.913. The van der Waals surface area contributed by atoms with Crippen LogP contribution in [0.25, 0.3) is 11.1 Å². The Morgan fingerprint density at radius 2 is 2.16 bits per heavy atom. The van der Waals surface area contributed by atoms with Gasteiger partial charge >= 0.3 is 0 Å². The summed E-state index contributed by atoms with van der Waals surface area (Å²) in [5.41, 5.74) is 9.87. The van der Waals surface area contributed by atoms with Crippen LogP contribution in [0.4, 0.5) is 5.00 Å². The third-order valence-corrected chi connectivity index (χ3v) is 5.60. The number of nitrogens with two attached hydrogens (primary N) is 1. The van der Waals surface area contributed by atoms with Crippen molar-refractivity contribution in [2.45, 2.75) is 43.7 Å². The average molecular weight is 295 g/mol. The molecule has 0 saturated heterocycles. The lowest BCUT2D eigenvalue weighted by molar-refractivity contribution is 0.568. The monoisotopic (exact) mass is 295 g/mol. The van der Waals surface area contributed by atoms with E-state index in [0.717, 1.165) is 17.0 Å². The molecule has 0 aromatic carbocycles. The highest BCUT2D eigenvalue weighted by atomic mass is 32.2. The Morgan fingerprint density at radius 1 is 1.32 bits per heavy atom. The molecule has 2 N–H and O–H groups in total. The number of nitrogen functional groups attached to an aromatic ring is 1. The molecule has 2 aromatic rings. The molecule has 0 aliphatic carbocycles. The summed E-state index contributed by atoms with van der Waals surface area (Å²) in [6.07, 6.45) is 8.37. The predicted molar refractivity (Wildman–Crippen MR) is 86.1 cm³/mol. The normalized spacial score (nSPS) is 11.1. The van der Waals surface area contributed by atoms with Crippen LogP contribution in [0.5, 0.6) is 0 Å². The summed E-state index contributed by atoms with van der Waals surface area (Å²) < 4.78 is 6.57. The van der Waals surface area contributed by atoms with Crippen molar-refractivity contribution in [3.8, 4) is 11.1 Å². The van der Waals surface area contributed by atoms with E-state index in [1.54, 1.807) is 23.9 Å². The van der Waals surface area contributed by atoms with E-state index < -0.39 is 0 Å². The Kier molecular flexibility index (Phi) is 5.40. The van der Waals surface area contributed by atoms with Crippen molar-refractivity contribution in [3.63, 3.8) is 0 Å². The molecule has 0 fully saturated rings. The fourth-order valence-corrected chi connectivity index (χ4v) is 4.76. The molecular formula is C15H21NOS2. The Labute approximate surface area is 123 Å². The first-order chi connectivity index (χ1) is 9.27. The Bertz CT molecular complexity index is 502. The second-order valence-electron chi connectivity index (χ2n) is 4.53. The average Bonchev–Trinajstić information content (AvgIpc) is 3.01. The number of anilines is 1. The molecule has 104 valence electrons. The number of thioether (sulfide) groups is 1. The first kappa shape index (κ1) is 14.5. The first-order valence-corrected chi connectivity index (χ1v) is 8.64. The molecule has 0 aliphatic rings. The first-order valence-electron chi connectivity index (χ1n) is 6.84. The van der Waals surface area contributed by atoms with Gasteiger partial charge in [0.1, 0.15) is 0 Å². The van der Waals surface area contributed by atoms with Gasteiger partial charge in [-0.15, -0.1) is 23.1 Å². The highest BCUT2D eigenvalue weighted by Gasteiger charge is 2.17. The van der Waals surface area contributed by atoms with Crippen LogP contribution in [0.1, 0.15) is 38.7 Å². The largest absolute Gasteiger partial charge is 0.472 e. The van der Waals surface area contributed by atoms with Crippen LogP contribution >= 0.6 is 23.1 Å². The summed E-state index contributed by atoms with van der Waals surface area (Å²) in [5.74, 6) is 1.19. The summed E-state index contributed by atoms with van der Waals surface area (Å²) in [6, 6.07) is 1.99. The van der Waals surface area contributed by atoms with Gasteiger partial charge in [-0.05, 0) is 30.2 Å². The van der Waals surface area contributed by atoms with Crippen LogP contribution in [0.15, 0.2) is 27.2 Å². The molecule has 0 atom stereocenters. The Hall–Kier alpha value is -0.870. The van der Waals surface area contributed by atoms with E-state index in [0.29, 0.717) is 0 Å². The number of rotatable bonds is 7. The summed E-state index contributed by atoms with van der Waals surface area (Å²) in [4.78, 5) is 0. The standard InChI is InChI=1S/C15H21NOS2/c1-3-5-6-9-18-15-12(4-2)13(14(16)19-15)11-7-8-17-10-11/h7-8,10H,3-6,9,16H2,1-2H3. The van der Waals surface area contributed by atoms with E-state index in [2.05, 4.69) is 13.8 Å². The number of thiophene rings is 1. The Balaban J connectivity index is 2.19. The topological polar surface area (TPSA) is 39.2 Å². The second-order valence-corrected chi connectivity index (χ2v) is 6.94. The summed E-state index contributed by atoms with van der Waals surface area (Å²) in [5, 5.41) is 0.913. The van der Waals surface area contributed by atoms with E-state index in [9.17, 15) is 0 Å². The maximum Gasteiger partial charge on any atom is 0.0982 e. The van der Waals surface area contributed by atoms with Crippen molar-refractivity contribution in [1.82, 2.24) is 0 Å². The zero-order valence-electron chi connectivity index (χ0n) is 11.6. The summed E-state index contributed by atoms with van der Waals surface area (Å²) in [6.45, 7) is 4.43. The van der Waals surface area contributed by atoms with Gasteiger partial charge in [0, 0.05) is 11.1 Å².